The molecule has 5 heteroatoms. The van der Waals surface area contributed by atoms with Crippen LogP contribution in [0, 0.1) is 5.92 Å². The molecule has 0 aliphatic carbocycles. The van der Waals surface area contributed by atoms with E-state index >= 15 is 0 Å². The van der Waals surface area contributed by atoms with Crippen molar-refractivity contribution in [1.82, 2.24) is 4.98 Å². The molecule has 1 aromatic rings. The third kappa shape index (κ3) is 5.04. The number of nitrogens with zero attached hydrogens (tertiary/aromatic N) is 1. The van der Waals surface area contributed by atoms with Crippen LogP contribution in [0.3, 0.4) is 0 Å². The fourth-order valence-electron chi connectivity index (χ4n) is 1.34. The lowest BCUT2D eigenvalue weighted by atomic mass is 10.1. The molecule has 1 N–H and O–H groups in total. The molecular weight excluding hydrogens is 242 g/mol. The average Bonchev–Trinajstić information content (AvgIpc) is 2.23. The Bertz CT molecular complexity index is 393. The average molecular weight is 258 g/mol. The number of hydrogen-bond acceptors (Lipinski definition) is 3. The predicted octanol–water partition coefficient (Wildman–Crippen LogP) is 3.25. The van der Waals surface area contributed by atoms with E-state index in [1.165, 1.54) is 12.1 Å². The van der Waals surface area contributed by atoms with E-state index < -0.39 is 5.97 Å². The van der Waals surface area contributed by atoms with Crippen molar-refractivity contribution in [2.45, 2.75) is 26.7 Å². The highest BCUT2D eigenvalue weighted by Crippen LogP contribution is 2.17. The maximum atomic E-state index is 10.8. The predicted molar refractivity (Wildman–Crippen MR) is 65.8 cm³/mol. The molecule has 0 saturated carbocycles. The van der Waals surface area contributed by atoms with Gasteiger partial charge in [-0.3, -0.25) is 0 Å². The van der Waals surface area contributed by atoms with Gasteiger partial charge < -0.3 is 9.84 Å². The van der Waals surface area contributed by atoms with Crippen LogP contribution in [0.4, 0.5) is 0 Å². The van der Waals surface area contributed by atoms with Crippen molar-refractivity contribution < 1.29 is 14.6 Å². The minimum Gasteiger partial charge on any atom is -0.478 e. The van der Waals surface area contributed by atoms with Crippen molar-refractivity contribution in [1.29, 1.82) is 0 Å². The first-order chi connectivity index (χ1) is 7.99. The number of hydrogen-bond donors (Lipinski definition) is 1. The van der Waals surface area contributed by atoms with Crippen LogP contribution >= 0.6 is 11.6 Å². The molecule has 17 heavy (non-hydrogen) atoms. The molecule has 1 aromatic heterocycles. The zero-order valence-corrected chi connectivity index (χ0v) is 10.7. The number of carboxylic acids is 1. The quantitative estimate of drug-likeness (QED) is 0.628. The van der Waals surface area contributed by atoms with E-state index in [2.05, 4.69) is 18.8 Å². The SMILES string of the molecule is CC(C)CCCOc1cc(C(=O)O)cc(Cl)n1. The molecule has 0 amide bonds. The highest BCUT2D eigenvalue weighted by Gasteiger charge is 2.08. The molecule has 0 unspecified atom stereocenters. The van der Waals surface area contributed by atoms with Gasteiger partial charge in [-0.15, -0.1) is 0 Å². The van der Waals surface area contributed by atoms with Crippen LogP contribution in [0.5, 0.6) is 5.88 Å². The molecule has 0 radical (unpaired) electrons. The Balaban J connectivity index is 2.56. The smallest absolute Gasteiger partial charge is 0.335 e. The van der Waals surface area contributed by atoms with Crippen molar-refractivity contribution in [3.8, 4) is 5.88 Å². The first-order valence-electron chi connectivity index (χ1n) is 5.52. The van der Waals surface area contributed by atoms with Gasteiger partial charge in [0.15, 0.2) is 0 Å². The lowest BCUT2D eigenvalue weighted by Gasteiger charge is -2.07. The summed E-state index contributed by atoms with van der Waals surface area (Å²) in [5.74, 6) is -0.152. The van der Waals surface area contributed by atoms with Crippen LogP contribution in [-0.2, 0) is 0 Å². The zero-order chi connectivity index (χ0) is 12.8. The molecule has 0 aromatic carbocycles. The highest BCUT2D eigenvalue weighted by molar-refractivity contribution is 6.29. The van der Waals surface area contributed by atoms with E-state index in [-0.39, 0.29) is 16.6 Å². The summed E-state index contributed by atoms with van der Waals surface area (Å²) in [4.78, 5) is 14.7. The molecule has 0 aliphatic heterocycles. The standard InChI is InChI=1S/C12H16ClNO3/c1-8(2)4-3-5-17-11-7-9(12(15)16)6-10(13)14-11/h6-8H,3-5H2,1-2H3,(H,15,16). The molecular formula is C12H16ClNO3. The van der Waals surface area contributed by atoms with Crippen molar-refractivity contribution in [2.24, 2.45) is 5.92 Å². The summed E-state index contributed by atoms with van der Waals surface area (Å²) in [6.45, 7) is 4.80. The topological polar surface area (TPSA) is 59.4 Å². The van der Waals surface area contributed by atoms with Gasteiger partial charge in [0.1, 0.15) is 5.15 Å². The summed E-state index contributed by atoms with van der Waals surface area (Å²) < 4.78 is 5.37. The fraction of sp³-hybridized carbons (Fsp3) is 0.500. The van der Waals surface area contributed by atoms with E-state index in [4.69, 9.17) is 21.4 Å². The maximum absolute atomic E-state index is 10.8. The number of halogens is 1. The van der Waals surface area contributed by atoms with Gasteiger partial charge in [0, 0.05) is 6.07 Å². The Morgan fingerprint density at radius 3 is 2.82 bits per heavy atom. The minimum atomic E-state index is -1.04. The van der Waals surface area contributed by atoms with Crippen LogP contribution in [0.2, 0.25) is 5.15 Å². The second-order valence-electron chi connectivity index (χ2n) is 4.21. The number of aromatic carboxylic acids is 1. The molecule has 0 fully saturated rings. The van der Waals surface area contributed by atoms with E-state index in [0.29, 0.717) is 12.5 Å². The number of carboxylic acid groups (broad SMARTS) is 1. The largest absolute Gasteiger partial charge is 0.478 e. The van der Waals surface area contributed by atoms with Crippen LogP contribution < -0.4 is 4.74 Å². The number of aromatic nitrogens is 1. The van der Waals surface area contributed by atoms with Crippen LogP contribution in [0.15, 0.2) is 12.1 Å². The molecule has 94 valence electrons. The summed E-state index contributed by atoms with van der Waals surface area (Å²) in [6.07, 6.45) is 1.97. The molecule has 0 atom stereocenters. The van der Waals surface area contributed by atoms with Gasteiger partial charge in [-0.2, -0.15) is 0 Å². The Morgan fingerprint density at radius 2 is 2.24 bits per heavy atom. The molecule has 0 bridgehead atoms. The molecule has 1 rings (SSSR count). The molecule has 0 saturated heterocycles. The first-order valence-corrected chi connectivity index (χ1v) is 5.90. The Kier molecular flexibility index (Phi) is 5.22. The van der Waals surface area contributed by atoms with Gasteiger partial charge in [0.05, 0.1) is 12.2 Å². The van der Waals surface area contributed by atoms with E-state index in [9.17, 15) is 4.79 Å². The fourth-order valence-corrected chi connectivity index (χ4v) is 1.54. The third-order valence-corrected chi connectivity index (χ3v) is 2.39. The first kappa shape index (κ1) is 13.8. The Hall–Kier alpha value is -1.29. The minimum absolute atomic E-state index is 0.0869. The van der Waals surface area contributed by atoms with Crippen LogP contribution in [0.1, 0.15) is 37.0 Å². The van der Waals surface area contributed by atoms with E-state index in [1.807, 2.05) is 0 Å². The van der Waals surface area contributed by atoms with E-state index in [1.54, 1.807) is 0 Å². The van der Waals surface area contributed by atoms with Crippen LogP contribution in [-0.4, -0.2) is 22.7 Å². The van der Waals surface area contributed by atoms with Crippen molar-refractivity contribution in [3.05, 3.63) is 22.8 Å². The van der Waals surface area contributed by atoms with Crippen molar-refractivity contribution in [3.63, 3.8) is 0 Å². The third-order valence-electron chi connectivity index (χ3n) is 2.19. The molecule has 1 heterocycles. The summed E-state index contributed by atoms with van der Waals surface area (Å²) in [7, 11) is 0. The number of ether oxygens (including phenoxy) is 1. The van der Waals surface area contributed by atoms with Gasteiger partial charge in [-0.1, -0.05) is 25.4 Å². The number of carbonyl (C=O) groups is 1. The lowest BCUT2D eigenvalue weighted by molar-refractivity contribution is 0.0696. The number of pyridine rings is 1. The van der Waals surface area contributed by atoms with Crippen molar-refractivity contribution >= 4 is 17.6 Å². The maximum Gasteiger partial charge on any atom is 0.335 e. The van der Waals surface area contributed by atoms with Gasteiger partial charge >= 0.3 is 5.97 Å². The second-order valence-corrected chi connectivity index (χ2v) is 4.59. The van der Waals surface area contributed by atoms with Gasteiger partial charge in [0.2, 0.25) is 5.88 Å². The monoisotopic (exact) mass is 257 g/mol. The zero-order valence-electron chi connectivity index (χ0n) is 9.94. The van der Waals surface area contributed by atoms with Gasteiger partial charge in [0.25, 0.3) is 0 Å². The normalized spacial score (nSPS) is 10.6. The molecule has 0 aliphatic rings. The summed E-state index contributed by atoms with van der Waals surface area (Å²) in [5, 5.41) is 8.96. The Morgan fingerprint density at radius 1 is 1.53 bits per heavy atom. The lowest BCUT2D eigenvalue weighted by Crippen LogP contribution is -2.03. The summed E-state index contributed by atoms with van der Waals surface area (Å²) >= 11 is 5.70. The molecule has 0 spiro atoms. The van der Waals surface area contributed by atoms with Gasteiger partial charge in [-0.25, -0.2) is 9.78 Å². The van der Waals surface area contributed by atoms with Gasteiger partial charge in [-0.05, 0) is 24.8 Å². The van der Waals surface area contributed by atoms with Crippen LogP contribution in [0.25, 0.3) is 0 Å². The molecule has 4 nitrogen and oxygen atoms in total. The second kappa shape index (κ2) is 6.45. The highest BCUT2D eigenvalue weighted by atomic mass is 35.5. The van der Waals surface area contributed by atoms with Crippen molar-refractivity contribution in [2.75, 3.05) is 6.61 Å². The summed E-state index contributed by atoms with van der Waals surface area (Å²) in [5.41, 5.74) is 0.0869. The number of rotatable bonds is 6. The Labute approximate surface area is 106 Å². The summed E-state index contributed by atoms with van der Waals surface area (Å²) in [6, 6.07) is 2.68. The van der Waals surface area contributed by atoms with E-state index in [0.717, 1.165) is 12.8 Å².